The first-order valence-electron chi connectivity index (χ1n) is 12.9. The molecule has 0 aromatic heterocycles. The van der Waals surface area contributed by atoms with E-state index in [9.17, 15) is 14.4 Å². The van der Waals surface area contributed by atoms with Gasteiger partial charge in [0.1, 0.15) is 11.5 Å². The summed E-state index contributed by atoms with van der Waals surface area (Å²) < 4.78 is 6.88. The summed E-state index contributed by atoms with van der Waals surface area (Å²) in [5, 5.41) is 5.78. The van der Waals surface area contributed by atoms with Crippen LogP contribution in [0.25, 0.3) is 0 Å². The molecule has 5 rings (SSSR count). The molecule has 1 fully saturated rings. The largest absolute Gasteiger partial charge is 0.457 e. The molecule has 38 heavy (non-hydrogen) atoms. The quantitative estimate of drug-likeness (QED) is 0.421. The van der Waals surface area contributed by atoms with Crippen molar-refractivity contribution >= 4 is 33.7 Å². The molecule has 196 valence electrons. The van der Waals surface area contributed by atoms with Crippen molar-refractivity contribution in [2.45, 2.75) is 25.2 Å². The molecule has 0 saturated carbocycles. The molecule has 0 bridgehead atoms. The standard InChI is InChI=1S/C30H30BrN3O4/c31-22-7-5-6-21(18-22)29(36)32-15-12-27(35)33-19-20-13-16-34(17-14-20)30(37)28-23-8-1-3-10-25(23)38-26-11-4-2-9-24(26)28/h1-11,18,20,28H,12-17,19H2,(H,32,36)(H,33,35). The Hall–Kier alpha value is -3.65. The van der Waals surface area contributed by atoms with Crippen molar-refractivity contribution in [1.29, 1.82) is 0 Å². The van der Waals surface area contributed by atoms with E-state index in [0.717, 1.165) is 39.9 Å². The molecule has 2 aliphatic rings. The average Bonchev–Trinajstić information content (AvgIpc) is 2.94. The van der Waals surface area contributed by atoms with Crippen molar-refractivity contribution in [2.24, 2.45) is 5.92 Å². The van der Waals surface area contributed by atoms with Crippen LogP contribution in [-0.4, -0.2) is 48.8 Å². The maximum absolute atomic E-state index is 13.7. The van der Waals surface area contributed by atoms with Crippen molar-refractivity contribution < 1.29 is 19.1 Å². The minimum absolute atomic E-state index is 0.0894. The highest BCUT2D eigenvalue weighted by molar-refractivity contribution is 9.10. The molecule has 1 saturated heterocycles. The number of nitrogens with zero attached hydrogens (tertiary/aromatic N) is 1. The van der Waals surface area contributed by atoms with Crippen LogP contribution >= 0.6 is 15.9 Å². The smallest absolute Gasteiger partial charge is 0.251 e. The molecule has 3 aromatic rings. The molecule has 3 amide bonds. The Bertz CT molecular complexity index is 1290. The molecule has 7 nitrogen and oxygen atoms in total. The fraction of sp³-hybridized carbons (Fsp3) is 0.300. The second kappa shape index (κ2) is 11.8. The number of likely N-dealkylation sites (tertiary alicyclic amines) is 1. The van der Waals surface area contributed by atoms with E-state index in [0.29, 0.717) is 31.1 Å². The first-order chi connectivity index (χ1) is 18.5. The van der Waals surface area contributed by atoms with Gasteiger partial charge in [-0.25, -0.2) is 0 Å². The topological polar surface area (TPSA) is 87.7 Å². The highest BCUT2D eigenvalue weighted by Crippen LogP contribution is 2.44. The van der Waals surface area contributed by atoms with E-state index in [4.69, 9.17) is 4.74 Å². The number of carbonyl (C=O) groups is 3. The van der Waals surface area contributed by atoms with E-state index in [2.05, 4.69) is 26.6 Å². The summed E-state index contributed by atoms with van der Waals surface area (Å²) in [6.45, 7) is 2.16. The summed E-state index contributed by atoms with van der Waals surface area (Å²) in [7, 11) is 0. The Kier molecular flexibility index (Phi) is 8.08. The normalized spacial score (nSPS) is 15.1. The lowest BCUT2D eigenvalue weighted by Gasteiger charge is -2.36. The molecular formula is C30H30BrN3O4. The Labute approximate surface area is 230 Å². The second-order valence-corrected chi connectivity index (χ2v) is 10.6. The lowest BCUT2D eigenvalue weighted by Crippen LogP contribution is -2.44. The monoisotopic (exact) mass is 575 g/mol. The predicted octanol–water partition coefficient (Wildman–Crippen LogP) is 4.86. The number of fused-ring (bicyclic) bond motifs is 2. The fourth-order valence-corrected chi connectivity index (χ4v) is 5.48. The minimum Gasteiger partial charge on any atom is -0.457 e. The number of hydrogen-bond acceptors (Lipinski definition) is 4. The van der Waals surface area contributed by atoms with Crippen LogP contribution in [0, 0.1) is 5.92 Å². The summed E-state index contributed by atoms with van der Waals surface area (Å²) in [6.07, 6.45) is 1.88. The van der Waals surface area contributed by atoms with E-state index >= 15 is 0 Å². The predicted molar refractivity (Wildman–Crippen MR) is 148 cm³/mol. The lowest BCUT2D eigenvalue weighted by atomic mass is 9.86. The highest BCUT2D eigenvalue weighted by atomic mass is 79.9. The van der Waals surface area contributed by atoms with Gasteiger partial charge in [-0.1, -0.05) is 58.4 Å². The number of amides is 3. The molecule has 2 N–H and O–H groups in total. The molecule has 2 aliphatic heterocycles. The van der Waals surface area contributed by atoms with E-state index in [1.165, 1.54) is 0 Å². The van der Waals surface area contributed by atoms with Gasteiger partial charge in [0.15, 0.2) is 0 Å². The number of benzene rings is 3. The Morgan fingerprint density at radius 2 is 1.53 bits per heavy atom. The van der Waals surface area contributed by atoms with Crippen molar-refractivity contribution in [3.05, 3.63) is 94.0 Å². The molecule has 0 spiro atoms. The summed E-state index contributed by atoms with van der Waals surface area (Å²) in [5.74, 6) is 1.20. The van der Waals surface area contributed by atoms with Crippen LogP contribution in [0.3, 0.4) is 0 Å². The van der Waals surface area contributed by atoms with Gasteiger partial charge in [0.2, 0.25) is 11.8 Å². The van der Waals surface area contributed by atoms with Crippen LogP contribution in [0.2, 0.25) is 0 Å². The Balaban J connectivity index is 1.09. The minimum atomic E-state index is -0.375. The van der Waals surface area contributed by atoms with Gasteiger partial charge in [-0.05, 0) is 49.1 Å². The van der Waals surface area contributed by atoms with Crippen LogP contribution in [0.4, 0.5) is 0 Å². The zero-order chi connectivity index (χ0) is 26.5. The molecule has 0 aliphatic carbocycles. The molecule has 0 atom stereocenters. The Morgan fingerprint density at radius 3 is 2.18 bits per heavy atom. The second-order valence-electron chi connectivity index (χ2n) is 9.70. The van der Waals surface area contributed by atoms with E-state index in [-0.39, 0.29) is 36.6 Å². The number of piperidine rings is 1. The van der Waals surface area contributed by atoms with Crippen molar-refractivity contribution in [2.75, 3.05) is 26.2 Å². The number of carbonyl (C=O) groups excluding carboxylic acids is 3. The van der Waals surface area contributed by atoms with E-state index < -0.39 is 0 Å². The molecule has 8 heteroatoms. The molecule has 3 aromatic carbocycles. The third-order valence-electron chi connectivity index (χ3n) is 7.17. The SMILES string of the molecule is O=C(CCNC(=O)c1cccc(Br)c1)NCC1CCN(C(=O)C2c3ccccc3Oc3ccccc32)CC1. The van der Waals surface area contributed by atoms with Gasteiger partial charge < -0.3 is 20.3 Å². The number of hydrogen-bond donors (Lipinski definition) is 2. The summed E-state index contributed by atoms with van der Waals surface area (Å²) in [4.78, 5) is 40.2. The van der Waals surface area contributed by atoms with Gasteiger partial charge in [-0.2, -0.15) is 0 Å². The van der Waals surface area contributed by atoms with Crippen molar-refractivity contribution in [1.82, 2.24) is 15.5 Å². The van der Waals surface area contributed by atoms with Crippen LogP contribution < -0.4 is 15.4 Å². The summed E-state index contributed by atoms with van der Waals surface area (Å²) >= 11 is 3.35. The number of nitrogens with one attached hydrogen (secondary N) is 2. The van der Waals surface area contributed by atoms with Gasteiger partial charge in [0, 0.05) is 53.8 Å². The number of ether oxygens (including phenoxy) is 1. The molecular weight excluding hydrogens is 546 g/mol. The number of rotatable bonds is 7. The number of halogens is 1. The van der Waals surface area contributed by atoms with Gasteiger partial charge in [-0.15, -0.1) is 0 Å². The molecule has 0 radical (unpaired) electrons. The van der Waals surface area contributed by atoms with Crippen LogP contribution in [0.15, 0.2) is 77.3 Å². The van der Waals surface area contributed by atoms with Gasteiger partial charge in [0.25, 0.3) is 5.91 Å². The van der Waals surface area contributed by atoms with Gasteiger partial charge >= 0.3 is 0 Å². The lowest BCUT2D eigenvalue weighted by molar-refractivity contribution is -0.133. The van der Waals surface area contributed by atoms with Crippen LogP contribution in [0.1, 0.15) is 46.7 Å². The first kappa shape index (κ1) is 26.0. The zero-order valence-corrected chi connectivity index (χ0v) is 22.6. The summed E-state index contributed by atoms with van der Waals surface area (Å²) in [5.41, 5.74) is 2.35. The zero-order valence-electron chi connectivity index (χ0n) is 21.0. The fourth-order valence-electron chi connectivity index (χ4n) is 5.08. The Morgan fingerprint density at radius 1 is 0.868 bits per heavy atom. The maximum atomic E-state index is 13.7. The first-order valence-corrected chi connectivity index (χ1v) is 13.7. The van der Waals surface area contributed by atoms with Gasteiger partial charge in [0.05, 0.1) is 5.92 Å². The maximum Gasteiger partial charge on any atom is 0.251 e. The third-order valence-corrected chi connectivity index (χ3v) is 7.66. The highest BCUT2D eigenvalue weighted by Gasteiger charge is 2.36. The number of para-hydroxylation sites is 2. The van der Waals surface area contributed by atoms with E-state index in [1.54, 1.807) is 18.2 Å². The van der Waals surface area contributed by atoms with Crippen LogP contribution in [-0.2, 0) is 9.59 Å². The van der Waals surface area contributed by atoms with Crippen molar-refractivity contribution in [3.63, 3.8) is 0 Å². The van der Waals surface area contributed by atoms with Crippen molar-refractivity contribution in [3.8, 4) is 11.5 Å². The van der Waals surface area contributed by atoms with Crippen LogP contribution in [0.5, 0.6) is 11.5 Å². The molecule has 2 heterocycles. The van der Waals surface area contributed by atoms with Gasteiger partial charge in [-0.3, -0.25) is 14.4 Å². The third kappa shape index (κ3) is 5.91. The summed E-state index contributed by atoms with van der Waals surface area (Å²) in [6, 6.07) is 22.6. The molecule has 0 unspecified atom stereocenters. The average molecular weight is 576 g/mol. The van der Waals surface area contributed by atoms with E-state index in [1.807, 2.05) is 59.5 Å².